The number of hydrogen-bond acceptors (Lipinski definition) is 4. The summed E-state index contributed by atoms with van der Waals surface area (Å²) in [5.41, 5.74) is 1.98. The van der Waals surface area contributed by atoms with E-state index in [0.29, 0.717) is 17.5 Å². The van der Waals surface area contributed by atoms with Crippen LogP contribution < -0.4 is 9.47 Å². The number of hydrogen-bond donors (Lipinski definition) is 0. The summed E-state index contributed by atoms with van der Waals surface area (Å²) in [5, 5.41) is 4.54. The Labute approximate surface area is 145 Å². The van der Waals surface area contributed by atoms with E-state index in [0.717, 1.165) is 16.9 Å². The molecule has 0 aliphatic heterocycles. The van der Waals surface area contributed by atoms with Gasteiger partial charge in [0, 0.05) is 18.5 Å². The number of rotatable bonds is 6. The van der Waals surface area contributed by atoms with Gasteiger partial charge in [0.25, 0.3) is 0 Å². The summed E-state index contributed by atoms with van der Waals surface area (Å²) in [6.07, 6.45) is 5.15. The number of nitrogens with zero attached hydrogens (tertiary/aromatic N) is 3. The number of ether oxygens (including phenoxy) is 2. The first-order chi connectivity index (χ1) is 11.7. The van der Waals surface area contributed by atoms with Crippen LogP contribution in [0.1, 0.15) is 24.1 Å². The first-order valence-electron chi connectivity index (χ1n) is 7.48. The van der Waals surface area contributed by atoms with Gasteiger partial charge < -0.3 is 9.47 Å². The Morgan fingerprint density at radius 2 is 2.08 bits per heavy atom. The number of pyridine rings is 1. The van der Waals surface area contributed by atoms with E-state index in [2.05, 4.69) is 16.1 Å². The molecule has 3 aromatic rings. The molecule has 6 heteroatoms. The van der Waals surface area contributed by atoms with Crippen molar-refractivity contribution in [2.45, 2.75) is 19.6 Å². The molecule has 1 unspecified atom stereocenters. The highest BCUT2D eigenvalue weighted by atomic mass is 35.5. The second kappa shape index (κ2) is 7.36. The molecule has 2 heterocycles. The Morgan fingerprint density at radius 1 is 1.29 bits per heavy atom. The third-order valence-electron chi connectivity index (χ3n) is 3.73. The normalized spacial score (nSPS) is 12.0. The first kappa shape index (κ1) is 16.3. The van der Waals surface area contributed by atoms with Gasteiger partial charge in [0.05, 0.1) is 19.3 Å². The molecule has 0 bridgehead atoms. The highest BCUT2D eigenvalue weighted by molar-refractivity contribution is 6.30. The van der Waals surface area contributed by atoms with Crippen LogP contribution in [-0.4, -0.2) is 21.9 Å². The van der Waals surface area contributed by atoms with E-state index in [-0.39, 0.29) is 6.04 Å². The summed E-state index contributed by atoms with van der Waals surface area (Å²) in [7, 11) is 1.64. The van der Waals surface area contributed by atoms with Crippen LogP contribution in [0.25, 0.3) is 0 Å². The summed E-state index contributed by atoms with van der Waals surface area (Å²) in [5.74, 6) is 1.36. The zero-order chi connectivity index (χ0) is 16.9. The highest BCUT2D eigenvalue weighted by Crippen LogP contribution is 2.27. The molecule has 0 fully saturated rings. The Balaban J connectivity index is 1.74. The fourth-order valence-corrected chi connectivity index (χ4v) is 2.42. The van der Waals surface area contributed by atoms with Crippen molar-refractivity contribution in [3.05, 3.63) is 71.3 Å². The topological polar surface area (TPSA) is 49.2 Å². The van der Waals surface area contributed by atoms with Crippen LogP contribution in [0.2, 0.25) is 5.15 Å². The van der Waals surface area contributed by atoms with Gasteiger partial charge in [0.1, 0.15) is 12.4 Å². The molecule has 2 aromatic heterocycles. The molecule has 0 saturated heterocycles. The molecule has 5 nitrogen and oxygen atoms in total. The van der Waals surface area contributed by atoms with Crippen molar-refractivity contribution in [3.63, 3.8) is 0 Å². The molecule has 3 rings (SSSR count). The predicted octanol–water partition coefficient (Wildman–Crippen LogP) is 3.93. The number of halogens is 1. The van der Waals surface area contributed by atoms with E-state index in [4.69, 9.17) is 21.1 Å². The zero-order valence-corrected chi connectivity index (χ0v) is 14.2. The maximum Gasteiger partial charge on any atom is 0.171 e. The van der Waals surface area contributed by atoms with Crippen LogP contribution in [0.15, 0.2) is 48.9 Å². The van der Waals surface area contributed by atoms with E-state index < -0.39 is 0 Å². The standard InChI is InChI=1S/C18H17ClN3O2/c1-13(22-9-3-8-21-22)15-10-17(18(19)20-11-15)24-12-14-4-6-16(23-2)7-5-14/h4-11,13H,12H2,1-2H3. The van der Waals surface area contributed by atoms with Crippen molar-refractivity contribution >= 4 is 11.6 Å². The molecule has 0 N–H and O–H groups in total. The quantitative estimate of drug-likeness (QED) is 0.637. The molecule has 0 amide bonds. The van der Waals surface area contributed by atoms with Crippen molar-refractivity contribution in [2.24, 2.45) is 0 Å². The average Bonchev–Trinajstić information content (AvgIpc) is 3.15. The lowest BCUT2D eigenvalue weighted by atomic mass is 10.1. The van der Waals surface area contributed by atoms with Crippen molar-refractivity contribution in [2.75, 3.05) is 7.11 Å². The molecule has 0 aliphatic carbocycles. The Kier molecular flexibility index (Phi) is 5.01. The maximum atomic E-state index is 6.15. The largest absolute Gasteiger partial charge is 0.497 e. The molecule has 1 aromatic carbocycles. The van der Waals surface area contributed by atoms with Gasteiger partial charge in [-0.1, -0.05) is 23.7 Å². The van der Waals surface area contributed by atoms with Gasteiger partial charge >= 0.3 is 0 Å². The number of benzene rings is 1. The van der Waals surface area contributed by atoms with E-state index in [9.17, 15) is 0 Å². The lowest BCUT2D eigenvalue weighted by Crippen LogP contribution is -2.08. The first-order valence-corrected chi connectivity index (χ1v) is 7.86. The lowest BCUT2D eigenvalue weighted by Gasteiger charge is -2.15. The molecular weight excluding hydrogens is 326 g/mol. The molecule has 24 heavy (non-hydrogen) atoms. The highest BCUT2D eigenvalue weighted by Gasteiger charge is 2.12. The second-order valence-electron chi connectivity index (χ2n) is 5.29. The van der Waals surface area contributed by atoms with Gasteiger partial charge in [-0.2, -0.15) is 5.10 Å². The predicted molar refractivity (Wildman–Crippen MR) is 91.4 cm³/mol. The van der Waals surface area contributed by atoms with E-state index in [1.165, 1.54) is 0 Å². The van der Waals surface area contributed by atoms with Gasteiger partial charge in [0.15, 0.2) is 10.9 Å². The van der Waals surface area contributed by atoms with Crippen LogP contribution in [-0.2, 0) is 6.61 Å². The zero-order valence-electron chi connectivity index (χ0n) is 13.4. The summed E-state index contributed by atoms with van der Waals surface area (Å²) in [6.45, 7) is 2.43. The lowest BCUT2D eigenvalue weighted by molar-refractivity contribution is 0.304. The Hall–Kier alpha value is -2.53. The van der Waals surface area contributed by atoms with Gasteiger partial charge in [0.2, 0.25) is 0 Å². The van der Waals surface area contributed by atoms with Crippen LogP contribution in [0.5, 0.6) is 11.5 Å². The minimum atomic E-state index is 0.0179. The minimum absolute atomic E-state index is 0.0179. The minimum Gasteiger partial charge on any atom is -0.497 e. The van der Waals surface area contributed by atoms with Gasteiger partial charge in [-0.15, -0.1) is 0 Å². The molecule has 0 spiro atoms. The summed E-state index contributed by atoms with van der Waals surface area (Å²) >= 11 is 6.15. The SMILES string of the molecule is COc1ccc(COc2cc(C(C)n3c[c]cn3)cnc2Cl)cc1. The molecule has 123 valence electrons. The van der Waals surface area contributed by atoms with E-state index >= 15 is 0 Å². The third-order valence-corrected chi connectivity index (χ3v) is 4.02. The fraction of sp³-hybridized carbons (Fsp3) is 0.222. The summed E-state index contributed by atoms with van der Waals surface area (Å²) < 4.78 is 12.8. The molecule has 1 atom stereocenters. The van der Waals surface area contributed by atoms with Crippen molar-refractivity contribution in [3.8, 4) is 11.5 Å². The van der Waals surface area contributed by atoms with Crippen LogP contribution in [0.3, 0.4) is 0 Å². The van der Waals surface area contributed by atoms with Crippen LogP contribution in [0, 0.1) is 6.07 Å². The van der Waals surface area contributed by atoms with Gasteiger partial charge in [-0.05, 0) is 36.2 Å². The monoisotopic (exact) mass is 342 g/mol. The second-order valence-corrected chi connectivity index (χ2v) is 5.65. The number of methoxy groups -OCH3 is 1. The fourth-order valence-electron chi connectivity index (χ4n) is 2.26. The Bertz CT molecular complexity index is 789. The average molecular weight is 343 g/mol. The van der Waals surface area contributed by atoms with Crippen molar-refractivity contribution in [1.29, 1.82) is 0 Å². The van der Waals surface area contributed by atoms with E-state index in [1.54, 1.807) is 30.4 Å². The van der Waals surface area contributed by atoms with Crippen molar-refractivity contribution in [1.82, 2.24) is 14.8 Å². The summed E-state index contributed by atoms with van der Waals surface area (Å²) in [6, 6.07) is 12.5. The van der Waals surface area contributed by atoms with E-state index in [1.807, 2.05) is 37.3 Å². The van der Waals surface area contributed by atoms with Gasteiger partial charge in [-0.25, -0.2) is 4.98 Å². The molecule has 0 saturated carbocycles. The smallest absolute Gasteiger partial charge is 0.171 e. The Morgan fingerprint density at radius 3 is 2.75 bits per heavy atom. The third kappa shape index (κ3) is 3.68. The molecular formula is C18H17ClN3O2. The summed E-state index contributed by atoms with van der Waals surface area (Å²) in [4.78, 5) is 4.22. The van der Waals surface area contributed by atoms with Gasteiger partial charge in [-0.3, -0.25) is 4.68 Å². The molecule has 1 radical (unpaired) electrons. The van der Waals surface area contributed by atoms with Crippen LogP contribution >= 0.6 is 11.6 Å². The van der Waals surface area contributed by atoms with Crippen molar-refractivity contribution < 1.29 is 9.47 Å². The number of aromatic nitrogens is 3. The molecule has 0 aliphatic rings. The van der Waals surface area contributed by atoms with Crippen LogP contribution in [0.4, 0.5) is 0 Å². The maximum absolute atomic E-state index is 6.15.